The summed E-state index contributed by atoms with van der Waals surface area (Å²) < 4.78 is 5.16. The second-order valence-electron chi connectivity index (χ2n) is 4.83. The van der Waals surface area contributed by atoms with Crippen molar-refractivity contribution in [3.05, 3.63) is 50.8 Å². The number of halogens is 2. The molecule has 0 bridgehead atoms. The molecule has 1 aromatic heterocycles. The van der Waals surface area contributed by atoms with Gasteiger partial charge in [0, 0.05) is 20.0 Å². The minimum absolute atomic E-state index is 0.114. The van der Waals surface area contributed by atoms with E-state index in [4.69, 9.17) is 27.7 Å². The maximum Gasteiger partial charge on any atom is 0.259 e. The SMILES string of the molecule is CCc1onc(C)c1C(=O)N(C)Cc1ccc(Cl)c(Cl)c1. The lowest BCUT2D eigenvalue weighted by Gasteiger charge is -2.17. The smallest absolute Gasteiger partial charge is 0.259 e. The molecular formula is C15H16Cl2N2O2. The van der Waals surface area contributed by atoms with Gasteiger partial charge in [0.1, 0.15) is 11.3 Å². The largest absolute Gasteiger partial charge is 0.360 e. The third-order valence-electron chi connectivity index (χ3n) is 3.22. The molecule has 0 N–H and O–H groups in total. The van der Waals surface area contributed by atoms with E-state index in [9.17, 15) is 4.79 Å². The number of benzene rings is 1. The molecule has 1 heterocycles. The summed E-state index contributed by atoms with van der Waals surface area (Å²) in [6.45, 7) is 4.13. The Morgan fingerprint density at radius 3 is 2.67 bits per heavy atom. The number of nitrogens with zero attached hydrogens (tertiary/aromatic N) is 2. The Labute approximate surface area is 133 Å². The van der Waals surface area contributed by atoms with Gasteiger partial charge in [-0.25, -0.2) is 0 Å². The normalized spacial score (nSPS) is 10.7. The Bertz CT molecular complexity index is 668. The first-order valence-corrected chi connectivity index (χ1v) is 7.34. The quantitative estimate of drug-likeness (QED) is 0.848. The predicted octanol–water partition coefficient (Wildman–Crippen LogP) is 4.12. The molecule has 0 spiro atoms. The van der Waals surface area contributed by atoms with Gasteiger partial charge in [-0.3, -0.25) is 4.79 Å². The molecule has 0 aliphatic heterocycles. The van der Waals surface area contributed by atoms with E-state index in [1.54, 1.807) is 31.0 Å². The van der Waals surface area contributed by atoms with Crippen molar-refractivity contribution in [2.75, 3.05) is 7.05 Å². The molecular weight excluding hydrogens is 311 g/mol. The van der Waals surface area contributed by atoms with Gasteiger partial charge in [-0.05, 0) is 24.6 Å². The van der Waals surface area contributed by atoms with Crippen LogP contribution in [0.4, 0.5) is 0 Å². The van der Waals surface area contributed by atoms with Crippen LogP contribution in [-0.4, -0.2) is 23.0 Å². The topological polar surface area (TPSA) is 46.3 Å². The van der Waals surface area contributed by atoms with Crippen molar-refractivity contribution in [2.24, 2.45) is 0 Å². The van der Waals surface area contributed by atoms with E-state index in [1.165, 1.54) is 0 Å². The predicted molar refractivity (Wildman–Crippen MR) is 82.9 cm³/mol. The Kier molecular flexibility index (Phi) is 4.91. The molecule has 0 unspecified atom stereocenters. The first kappa shape index (κ1) is 15.9. The summed E-state index contributed by atoms with van der Waals surface area (Å²) in [4.78, 5) is 14.1. The maximum absolute atomic E-state index is 12.5. The van der Waals surface area contributed by atoms with Gasteiger partial charge in [-0.2, -0.15) is 0 Å². The lowest BCUT2D eigenvalue weighted by Crippen LogP contribution is -2.27. The van der Waals surface area contributed by atoms with E-state index < -0.39 is 0 Å². The molecule has 1 amide bonds. The first-order valence-electron chi connectivity index (χ1n) is 6.58. The van der Waals surface area contributed by atoms with Crippen LogP contribution in [0.1, 0.15) is 34.3 Å². The fraction of sp³-hybridized carbons (Fsp3) is 0.333. The molecule has 0 radical (unpaired) electrons. The number of aromatic nitrogens is 1. The Morgan fingerprint density at radius 1 is 1.33 bits per heavy atom. The van der Waals surface area contributed by atoms with Gasteiger partial charge in [0.2, 0.25) is 0 Å². The minimum Gasteiger partial charge on any atom is -0.360 e. The summed E-state index contributed by atoms with van der Waals surface area (Å²) in [7, 11) is 1.73. The van der Waals surface area contributed by atoms with Crippen molar-refractivity contribution in [3.8, 4) is 0 Å². The van der Waals surface area contributed by atoms with Crippen LogP contribution in [0.3, 0.4) is 0 Å². The molecule has 2 aromatic rings. The van der Waals surface area contributed by atoms with E-state index >= 15 is 0 Å². The van der Waals surface area contributed by atoms with Crippen molar-refractivity contribution < 1.29 is 9.32 Å². The number of hydrogen-bond acceptors (Lipinski definition) is 3. The molecule has 0 atom stereocenters. The second-order valence-corrected chi connectivity index (χ2v) is 5.64. The summed E-state index contributed by atoms with van der Waals surface area (Å²) in [5.74, 6) is 0.496. The number of amides is 1. The average molecular weight is 327 g/mol. The fourth-order valence-corrected chi connectivity index (χ4v) is 2.43. The molecule has 2 rings (SSSR count). The Morgan fingerprint density at radius 2 is 2.05 bits per heavy atom. The number of aryl methyl sites for hydroxylation is 2. The molecule has 0 saturated carbocycles. The third-order valence-corrected chi connectivity index (χ3v) is 3.96. The standard InChI is InChI=1S/C15H16Cl2N2O2/c1-4-13-14(9(2)18-21-13)15(20)19(3)8-10-5-6-11(16)12(17)7-10/h5-7H,4,8H2,1-3H3. The zero-order chi connectivity index (χ0) is 15.6. The maximum atomic E-state index is 12.5. The van der Waals surface area contributed by atoms with Crippen LogP contribution in [0.5, 0.6) is 0 Å². The summed E-state index contributed by atoms with van der Waals surface area (Å²) in [5.41, 5.74) is 2.06. The van der Waals surface area contributed by atoms with Crippen molar-refractivity contribution in [2.45, 2.75) is 26.8 Å². The molecule has 1 aromatic carbocycles. The lowest BCUT2D eigenvalue weighted by atomic mass is 10.1. The molecule has 0 fully saturated rings. The van der Waals surface area contributed by atoms with E-state index in [0.29, 0.717) is 40.0 Å². The van der Waals surface area contributed by atoms with Crippen LogP contribution < -0.4 is 0 Å². The van der Waals surface area contributed by atoms with Gasteiger partial charge in [0.15, 0.2) is 0 Å². The van der Waals surface area contributed by atoms with Gasteiger partial charge in [0.05, 0.1) is 15.7 Å². The monoisotopic (exact) mass is 326 g/mol. The van der Waals surface area contributed by atoms with Crippen molar-refractivity contribution in [3.63, 3.8) is 0 Å². The zero-order valence-electron chi connectivity index (χ0n) is 12.1. The van der Waals surface area contributed by atoms with Crippen LogP contribution in [-0.2, 0) is 13.0 Å². The number of rotatable bonds is 4. The summed E-state index contributed by atoms with van der Waals surface area (Å²) in [6.07, 6.45) is 0.628. The number of hydrogen-bond donors (Lipinski definition) is 0. The third kappa shape index (κ3) is 3.39. The van der Waals surface area contributed by atoms with Gasteiger partial charge >= 0.3 is 0 Å². The highest BCUT2D eigenvalue weighted by Gasteiger charge is 2.22. The van der Waals surface area contributed by atoms with E-state index in [0.717, 1.165) is 5.56 Å². The summed E-state index contributed by atoms with van der Waals surface area (Å²) in [6, 6.07) is 5.33. The van der Waals surface area contributed by atoms with E-state index in [2.05, 4.69) is 5.16 Å². The average Bonchev–Trinajstić information content (AvgIpc) is 2.83. The van der Waals surface area contributed by atoms with Crippen molar-refractivity contribution in [1.82, 2.24) is 10.1 Å². The fourth-order valence-electron chi connectivity index (χ4n) is 2.11. The molecule has 6 heteroatoms. The zero-order valence-corrected chi connectivity index (χ0v) is 13.6. The van der Waals surface area contributed by atoms with E-state index in [-0.39, 0.29) is 5.91 Å². The molecule has 0 aliphatic carbocycles. The number of carbonyl (C=O) groups is 1. The Hall–Kier alpha value is -1.52. The highest BCUT2D eigenvalue weighted by atomic mass is 35.5. The van der Waals surface area contributed by atoms with Crippen molar-refractivity contribution in [1.29, 1.82) is 0 Å². The second kappa shape index (κ2) is 6.50. The molecule has 21 heavy (non-hydrogen) atoms. The highest BCUT2D eigenvalue weighted by Crippen LogP contribution is 2.24. The van der Waals surface area contributed by atoms with Crippen molar-refractivity contribution >= 4 is 29.1 Å². The van der Waals surface area contributed by atoms with Crippen LogP contribution in [0.15, 0.2) is 22.7 Å². The van der Waals surface area contributed by atoms with Gasteiger partial charge in [-0.1, -0.05) is 41.3 Å². The van der Waals surface area contributed by atoms with Gasteiger partial charge in [-0.15, -0.1) is 0 Å². The van der Waals surface area contributed by atoms with E-state index in [1.807, 2.05) is 13.0 Å². The molecule has 112 valence electrons. The highest BCUT2D eigenvalue weighted by molar-refractivity contribution is 6.42. The summed E-state index contributed by atoms with van der Waals surface area (Å²) >= 11 is 11.9. The lowest BCUT2D eigenvalue weighted by molar-refractivity contribution is 0.0782. The van der Waals surface area contributed by atoms with Crippen LogP contribution >= 0.6 is 23.2 Å². The van der Waals surface area contributed by atoms with Crippen LogP contribution in [0, 0.1) is 6.92 Å². The van der Waals surface area contributed by atoms with Crippen LogP contribution in [0.25, 0.3) is 0 Å². The number of carbonyl (C=O) groups excluding carboxylic acids is 1. The summed E-state index contributed by atoms with van der Waals surface area (Å²) in [5, 5.41) is 4.84. The molecule has 0 aliphatic rings. The van der Waals surface area contributed by atoms with Crippen LogP contribution in [0.2, 0.25) is 10.0 Å². The first-order chi connectivity index (χ1) is 9.93. The Balaban J connectivity index is 2.19. The minimum atomic E-state index is -0.114. The molecule has 0 saturated heterocycles. The van der Waals surface area contributed by atoms with Gasteiger partial charge < -0.3 is 9.42 Å². The molecule has 4 nitrogen and oxygen atoms in total. The van der Waals surface area contributed by atoms with Gasteiger partial charge in [0.25, 0.3) is 5.91 Å².